The highest BCUT2D eigenvalue weighted by atomic mass is 16.5. The van der Waals surface area contributed by atoms with Gasteiger partial charge in [-0.1, -0.05) is 43.3 Å². The highest BCUT2D eigenvalue weighted by molar-refractivity contribution is 6.51. The quantitative estimate of drug-likeness (QED) is 0.383. The summed E-state index contributed by atoms with van der Waals surface area (Å²) in [4.78, 5) is 31.9. The molecule has 2 heterocycles. The van der Waals surface area contributed by atoms with E-state index in [2.05, 4.69) is 4.98 Å². The average molecular weight is 414 g/mol. The number of aromatic nitrogens is 1. The molecule has 6 heteroatoms. The first-order valence-electron chi connectivity index (χ1n) is 10.0. The SMILES string of the molecule is CCc1ccc(/C(O)=C2\C(=O)C(=O)N(c3cccc(OC)c3)C2c2ccccn2)cc1. The van der Waals surface area contributed by atoms with Crippen LogP contribution in [0.3, 0.4) is 0 Å². The van der Waals surface area contributed by atoms with Gasteiger partial charge in [-0.05, 0) is 36.2 Å². The molecule has 1 aliphatic heterocycles. The van der Waals surface area contributed by atoms with Gasteiger partial charge in [0.2, 0.25) is 0 Å². The number of carbonyl (C=O) groups is 2. The summed E-state index contributed by atoms with van der Waals surface area (Å²) in [7, 11) is 1.53. The van der Waals surface area contributed by atoms with Crippen molar-refractivity contribution in [1.29, 1.82) is 0 Å². The standard InChI is InChI=1S/C25H22N2O4/c1-3-16-10-12-17(13-11-16)23(28)21-22(20-9-4-5-14-26-20)27(25(30)24(21)29)18-7-6-8-19(15-18)31-2/h4-15,22,28H,3H2,1-2H3/b23-21+. The number of nitrogens with zero attached hydrogens (tertiary/aromatic N) is 2. The Morgan fingerprint density at radius 2 is 1.84 bits per heavy atom. The molecule has 156 valence electrons. The van der Waals surface area contributed by atoms with E-state index >= 15 is 0 Å². The molecule has 0 spiro atoms. The monoisotopic (exact) mass is 414 g/mol. The van der Waals surface area contributed by atoms with Crippen LogP contribution in [0.15, 0.2) is 78.5 Å². The predicted molar refractivity (Wildman–Crippen MR) is 118 cm³/mol. The lowest BCUT2D eigenvalue weighted by Crippen LogP contribution is -2.29. The van der Waals surface area contributed by atoms with Crippen molar-refractivity contribution in [1.82, 2.24) is 4.98 Å². The molecule has 3 aromatic rings. The number of rotatable bonds is 5. The number of ketones is 1. The lowest BCUT2D eigenvalue weighted by molar-refractivity contribution is -0.132. The molecule has 1 unspecified atom stereocenters. The summed E-state index contributed by atoms with van der Waals surface area (Å²) >= 11 is 0. The summed E-state index contributed by atoms with van der Waals surface area (Å²) in [5, 5.41) is 11.1. The number of hydrogen-bond acceptors (Lipinski definition) is 5. The van der Waals surface area contributed by atoms with Gasteiger partial charge >= 0.3 is 0 Å². The van der Waals surface area contributed by atoms with E-state index in [9.17, 15) is 14.7 Å². The number of aryl methyl sites for hydroxylation is 1. The molecule has 1 N–H and O–H groups in total. The summed E-state index contributed by atoms with van der Waals surface area (Å²) in [6.45, 7) is 2.04. The highest BCUT2D eigenvalue weighted by Gasteiger charge is 2.47. The maximum Gasteiger partial charge on any atom is 0.300 e. The van der Waals surface area contributed by atoms with Gasteiger partial charge in [-0.25, -0.2) is 0 Å². The first-order chi connectivity index (χ1) is 15.0. The summed E-state index contributed by atoms with van der Waals surface area (Å²) in [6.07, 6.45) is 2.45. The van der Waals surface area contributed by atoms with E-state index in [1.807, 2.05) is 19.1 Å². The smallest absolute Gasteiger partial charge is 0.300 e. The van der Waals surface area contributed by atoms with Crippen LogP contribution in [0.25, 0.3) is 5.76 Å². The lowest BCUT2D eigenvalue weighted by atomic mass is 9.97. The third kappa shape index (κ3) is 3.68. The van der Waals surface area contributed by atoms with E-state index in [0.717, 1.165) is 12.0 Å². The van der Waals surface area contributed by atoms with Crippen LogP contribution < -0.4 is 9.64 Å². The van der Waals surface area contributed by atoms with Crippen LogP contribution in [0.5, 0.6) is 5.75 Å². The number of ether oxygens (including phenoxy) is 1. The van der Waals surface area contributed by atoms with E-state index in [1.54, 1.807) is 60.8 Å². The number of aliphatic hydroxyl groups is 1. The largest absolute Gasteiger partial charge is 0.507 e. The molecular weight excluding hydrogens is 392 g/mol. The molecule has 1 amide bonds. The van der Waals surface area contributed by atoms with Crippen molar-refractivity contribution < 1.29 is 19.4 Å². The topological polar surface area (TPSA) is 79.7 Å². The molecule has 1 aliphatic rings. The van der Waals surface area contributed by atoms with Crippen LogP contribution in [0, 0.1) is 0 Å². The number of hydrogen-bond donors (Lipinski definition) is 1. The van der Waals surface area contributed by atoms with E-state index in [1.165, 1.54) is 12.0 Å². The number of amides is 1. The van der Waals surface area contributed by atoms with E-state index < -0.39 is 17.7 Å². The predicted octanol–water partition coefficient (Wildman–Crippen LogP) is 4.28. The molecule has 1 fully saturated rings. The summed E-state index contributed by atoms with van der Waals surface area (Å²) in [5.74, 6) is -1.15. The van der Waals surface area contributed by atoms with Gasteiger partial charge in [0, 0.05) is 23.5 Å². The zero-order chi connectivity index (χ0) is 22.0. The summed E-state index contributed by atoms with van der Waals surface area (Å²) < 4.78 is 5.28. The number of anilines is 1. The number of aliphatic hydroxyl groups excluding tert-OH is 1. The Morgan fingerprint density at radius 3 is 2.48 bits per heavy atom. The van der Waals surface area contributed by atoms with Gasteiger partial charge < -0.3 is 9.84 Å². The van der Waals surface area contributed by atoms with Gasteiger partial charge in [0.05, 0.1) is 18.4 Å². The third-order valence-electron chi connectivity index (χ3n) is 5.38. The molecule has 0 bridgehead atoms. The zero-order valence-electron chi connectivity index (χ0n) is 17.3. The van der Waals surface area contributed by atoms with Crippen LogP contribution >= 0.6 is 0 Å². The molecule has 1 aromatic heterocycles. The Kier molecular flexibility index (Phi) is 5.54. The van der Waals surface area contributed by atoms with E-state index in [-0.39, 0.29) is 11.3 Å². The molecule has 0 aliphatic carbocycles. The molecule has 2 aromatic carbocycles. The van der Waals surface area contributed by atoms with Gasteiger partial charge in [0.25, 0.3) is 11.7 Å². The Labute approximate surface area is 180 Å². The van der Waals surface area contributed by atoms with Crippen molar-refractivity contribution in [2.75, 3.05) is 12.0 Å². The maximum absolute atomic E-state index is 13.1. The van der Waals surface area contributed by atoms with Gasteiger partial charge in [-0.3, -0.25) is 19.5 Å². The second kappa shape index (κ2) is 8.44. The number of Topliss-reactive ketones (excluding diaryl/α,β-unsaturated/α-hetero) is 1. The van der Waals surface area contributed by atoms with E-state index in [4.69, 9.17) is 4.74 Å². The molecular formula is C25H22N2O4. The van der Waals surface area contributed by atoms with Crippen LogP contribution in [0.1, 0.15) is 29.8 Å². The van der Waals surface area contributed by atoms with Gasteiger partial charge in [-0.2, -0.15) is 0 Å². The minimum Gasteiger partial charge on any atom is -0.507 e. The maximum atomic E-state index is 13.1. The van der Waals surface area contributed by atoms with Gasteiger partial charge in [-0.15, -0.1) is 0 Å². The molecule has 0 saturated carbocycles. The van der Waals surface area contributed by atoms with Crippen molar-refractivity contribution in [3.63, 3.8) is 0 Å². The number of pyridine rings is 1. The van der Waals surface area contributed by atoms with Crippen molar-refractivity contribution in [2.45, 2.75) is 19.4 Å². The molecule has 31 heavy (non-hydrogen) atoms. The highest BCUT2D eigenvalue weighted by Crippen LogP contribution is 2.42. The van der Waals surface area contributed by atoms with Crippen LogP contribution in [-0.2, 0) is 16.0 Å². The summed E-state index contributed by atoms with van der Waals surface area (Å²) in [5.41, 5.74) is 2.56. The average Bonchev–Trinajstić information content (AvgIpc) is 3.09. The molecule has 1 saturated heterocycles. The third-order valence-corrected chi connectivity index (χ3v) is 5.38. The Morgan fingerprint density at radius 1 is 1.06 bits per heavy atom. The van der Waals surface area contributed by atoms with Crippen molar-refractivity contribution in [2.24, 2.45) is 0 Å². The zero-order valence-corrected chi connectivity index (χ0v) is 17.3. The molecule has 0 radical (unpaired) electrons. The van der Waals surface area contributed by atoms with Crippen LogP contribution in [0.4, 0.5) is 5.69 Å². The molecule has 1 atom stereocenters. The van der Waals surface area contributed by atoms with Gasteiger partial charge in [0.1, 0.15) is 17.6 Å². The second-order valence-electron chi connectivity index (χ2n) is 7.18. The Bertz CT molecular complexity index is 1150. The van der Waals surface area contributed by atoms with Crippen LogP contribution in [0.2, 0.25) is 0 Å². The van der Waals surface area contributed by atoms with Crippen LogP contribution in [-0.4, -0.2) is 28.9 Å². The molecule has 6 nitrogen and oxygen atoms in total. The molecule has 4 rings (SSSR count). The fourth-order valence-electron chi connectivity index (χ4n) is 3.73. The fourth-order valence-corrected chi connectivity index (χ4v) is 3.73. The Balaban J connectivity index is 1.91. The van der Waals surface area contributed by atoms with Gasteiger partial charge in [0.15, 0.2) is 0 Å². The number of benzene rings is 2. The van der Waals surface area contributed by atoms with Crippen molar-refractivity contribution in [3.05, 3.63) is 95.3 Å². The fraction of sp³-hybridized carbons (Fsp3) is 0.160. The minimum absolute atomic E-state index is 0.00997. The Hall–Kier alpha value is -3.93. The first-order valence-corrected chi connectivity index (χ1v) is 10.0. The number of carbonyl (C=O) groups excluding carboxylic acids is 2. The summed E-state index contributed by atoms with van der Waals surface area (Å²) in [6, 6.07) is 18.6. The second-order valence-corrected chi connectivity index (χ2v) is 7.18. The normalized spacial score (nSPS) is 17.7. The van der Waals surface area contributed by atoms with E-state index in [0.29, 0.717) is 22.7 Å². The number of methoxy groups -OCH3 is 1. The van der Waals surface area contributed by atoms with Crippen molar-refractivity contribution >= 4 is 23.1 Å². The van der Waals surface area contributed by atoms with Crippen molar-refractivity contribution in [3.8, 4) is 5.75 Å². The lowest BCUT2D eigenvalue weighted by Gasteiger charge is -2.24. The first kappa shape index (κ1) is 20.3. The minimum atomic E-state index is -0.862.